The maximum Gasteiger partial charge on any atom is 0.472 e. The molecule has 0 spiro atoms. The Kier molecular flexibility index (Phi) is 38.3. The number of quaternary nitrogens is 1. The highest BCUT2D eigenvalue weighted by atomic mass is 31.2. The molecule has 0 saturated heterocycles. The summed E-state index contributed by atoms with van der Waals surface area (Å²) in [4.78, 5) is 22.8. The van der Waals surface area contributed by atoms with Gasteiger partial charge in [0.1, 0.15) is 19.3 Å². The van der Waals surface area contributed by atoms with Crippen molar-refractivity contribution in [2.75, 3.05) is 54.1 Å². The summed E-state index contributed by atoms with van der Waals surface area (Å²) in [5.41, 5.74) is 0. The van der Waals surface area contributed by atoms with E-state index >= 15 is 0 Å². The second-order valence-electron chi connectivity index (χ2n) is 15.7. The van der Waals surface area contributed by atoms with Crippen molar-refractivity contribution < 1.29 is 37.3 Å². The molecule has 0 aromatic rings. The van der Waals surface area contributed by atoms with Gasteiger partial charge < -0.3 is 18.9 Å². The van der Waals surface area contributed by atoms with E-state index in [2.05, 4.69) is 86.8 Å². The standard InChI is InChI=1S/C47H84NO7P/c1-6-8-10-12-14-16-18-19-20-21-22-23-24-25-26-27-28-29-30-31-33-35-37-39-42-52-44-46(45-54-56(50,51)53-43-41-48(3,4)5)55-47(49)40-38-36-34-32-17-15-13-11-9-7-2/h8,10-11,13-14,16,19-20,22-23,25-26,46H,6-7,9,12,15,17-18,21,24,27-45H2,1-5H3/p+1/b10-8-,13-11-,16-14-,20-19-,23-22-,26-25-. The van der Waals surface area contributed by atoms with Crippen LogP contribution in [0.5, 0.6) is 0 Å². The van der Waals surface area contributed by atoms with Gasteiger partial charge in [-0.1, -0.05) is 151 Å². The molecule has 0 aliphatic heterocycles. The molecule has 1 N–H and O–H groups in total. The number of esters is 1. The molecule has 0 heterocycles. The van der Waals surface area contributed by atoms with Crippen molar-refractivity contribution in [2.24, 2.45) is 0 Å². The SMILES string of the molecule is CC/C=C\C/C=C\C/C=C\C/C=C\C/C=C\CCCCCCCCCCOCC(COP(=O)(O)OCC[N+](C)(C)C)OC(=O)CCCCCCC/C=C\CCC. The van der Waals surface area contributed by atoms with Crippen molar-refractivity contribution in [3.05, 3.63) is 72.9 Å². The van der Waals surface area contributed by atoms with Crippen LogP contribution in [0.2, 0.25) is 0 Å². The number of rotatable bonds is 40. The number of carbonyl (C=O) groups is 1. The molecule has 8 nitrogen and oxygen atoms in total. The van der Waals surface area contributed by atoms with E-state index in [1.807, 2.05) is 21.1 Å². The topological polar surface area (TPSA) is 91.3 Å². The van der Waals surface area contributed by atoms with Crippen molar-refractivity contribution in [2.45, 2.75) is 168 Å². The van der Waals surface area contributed by atoms with E-state index in [1.54, 1.807) is 0 Å². The van der Waals surface area contributed by atoms with E-state index in [0.29, 0.717) is 24.1 Å². The summed E-state index contributed by atoms with van der Waals surface area (Å²) < 4.78 is 34.9. The highest BCUT2D eigenvalue weighted by molar-refractivity contribution is 7.47. The lowest BCUT2D eigenvalue weighted by molar-refractivity contribution is -0.870. The lowest BCUT2D eigenvalue weighted by Gasteiger charge is -2.24. The van der Waals surface area contributed by atoms with Crippen LogP contribution in [0, 0.1) is 0 Å². The number of unbranched alkanes of at least 4 members (excludes halogenated alkanes) is 14. The second kappa shape index (κ2) is 39.8. The van der Waals surface area contributed by atoms with E-state index in [0.717, 1.165) is 89.9 Å². The molecule has 0 radical (unpaired) electrons. The van der Waals surface area contributed by atoms with Gasteiger partial charge in [0, 0.05) is 13.0 Å². The van der Waals surface area contributed by atoms with E-state index in [9.17, 15) is 14.3 Å². The number of phosphoric acid groups is 1. The molecule has 56 heavy (non-hydrogen) atoms. The molecular formula is C47H85NO7P+. The Bertz CT molecular complexity index is 1120. The molecule has 2 atom stereocenters. The first-order valence-corrected chi connectivity index (χ1v) is 23.7. The summed E-state index contributed by atoms with van der Waals surface area (Å²) >= 11 is 0. The summed E-state index contributed by atoms with van der Waals surface area (Å²) in [6.07, 6.45) is 50.9. The molecule has 0 amide bonds. The Morgan fingerprint density at radius 1 is 0.571 bits per heavy atom. The fraction of sp³-hybridized carbons (Fsp3) is 0.723. The van der Waals surface area contributed by atoms with Crippen LogP contribution in [0.4, 0.5) is 0 Å². The van der Waals surface area contributed by atoms with Crippen LogP contribution in [-0.2, 0) is 27.9 Å². The van der Waals surface area contributed by atoms with Crippen molar-refractivity contribution in [3.8, 4) is 0 Å². The quantitative estimate of drug-likeness (QED) is 0.0217. The van der Waals surface area contributed by atoms with Gasteiger partial charge in [-0.2, -0.15) is 0 Å². The fourth-order valence-electron chi connectivity index (χ4n) is 5.58. The molecule has 324 valence electrons. The van der Waals surface area contributed by atoms with Crippen LogP contribution in [0.25, 0.3) is 0 Å². The van der Waals surface area contributed by atoms with Gasteiger partial charge in [-0.3, -0.25) is 13.8 Å². The first-order valence-electron chi connectivity index (χ1n) is 22.2. The minimum absolute atomic E-state index is 0.0817. The summed E-state index contributed by atoms with van der Waals surface area (Å²) in [6, 6.07) is 0. The maximum absolute atomic E-state index is 12.6. The number of nitrogens with zero attached hydrogens (tertiary/aromatic N) is 1. The molecule has 0 saturated carbocycles. The number of hydrogen-bond acceptors (Lipinski definition) is 6. The van der Waals surface area contributed by atoms with Gasteiger partial charge in [0.25, 0.3) is 0 Å². The van der Waals surface area contributed by atoms with Crippen LogP contribution in [0.3, 0.4) is 0 Å². The van der Waals surface area contributed by atoms with E-state index in [-0.39, 0.29) is 25.8 Å². The van der Waals surface area contributed by atoms with Crippen LogP contribution < -0.4 is 0 Å². The van der Waals surface area contributed by atoms with Gasteiger partial charge in [-0.15, -0.1) is 0 Å². The Balaban J connectivity index is 4.15. The normalized spacial score (nSPS) is 14.5. The molecule has 0 aliphatic rings. The Hall–Kier alpha value is -2.06. The van der Waals surface area contributed by atoms with Gasteiger partial charge in [-0.05, 0) is 77.0 Å². The van der Waals surface area contributed by atoms with Gasteiger partial charge >= 0.3 is 13.8 Å². The molecule has 0 fully saturated rings. The Labute approximate surface area is 344 Å². The Morgan fingerprint density at radius 2 is 1.04 bits per heavy atom. The minimum atomic E-state index is -4.28. The predicted octanol–water partition coefficient (Wildman–Crippen LogP) is 13.1. The zero-order chi connectivity index (χ0) is 41.3. The third-order valence-corrected chi connectivity index (χ3v) is 9.97. The third-order valence-electron chi connectivity index (χ3n) is 8.98. The van der Waals surface area contributed by atoms with Crippen molar-refractivity contribution in [1.29, 1.82) is 0 Å². The average molecular weight is 807 g/mol. The first kappa shape index (κ1) is 53.9. The zero-order valence-corrected chi connectivity index (χ0v) is 37.5. The predicted molar refractivity (Wildman–Crippen MR) is 238 cm³/mol. The van der Waals surface area contributed by atoms with Crippen LogP contribution in [-0.4, -0.2) is 75.6 Å². The van der Waals surface area contributed by atoms with Crippen molar-refractivity contribution in [1.82, 2.24) is 0 Å². The summed E-state index contributed by atoms with van der Waals surface area (Å²) in [5, 5.41) is 0. The van der Waals surface area contributed by atoms with Crippen molar-refractivity contribution in [3.63, 3.8) is 0 Å². The molecular weight excluding hydrogens is 721 g/mol. The number of hydrogen-bond donors (Lipinski definition) is 1. The number of carbonyl (C=O) groups excluding carboxylic acids is 1. The smallest absolute Gasteiger partial charge is 0.457 e. The highest BCUT2D eigenvalue weighted by Crippen LogP contribution is 2.43. The van der Waals surface area contributed by atoms with Gasteiger partial charge in [0.05, 0.1) is 34.4 Å². The number of ether oxygens (including phenoxy) is 2. The molecule has 0 aromatic heterocycles. The monoisotopic (exact) mass is 807 g/mol. The van der Waals surface area contributed by atoms with E-state index in [4.69, 9.17) is 18.5 Å². The summed E-state index contributed by atoms with van der Waals surface area (Å²) in [7, 11) is 1.64. The van der Waals surface area contributed by atoms with Crippen LogP contribution in [0.1, 0.15) is 162 Å². The zero-order valence-electron chi connectivity index (χ0n) is 36.6. The highest BCUT2D eigenvalue weighted by Gasteiger charge is 2.26. The first-order chi connectivity index (χ1) is 27.1. The molecule has 0 aromatic carbocycles. The molecule has 0 rings (SSSR count). The van der Waals surface area contributed by atoms with E-state index in [1.165, 1.54) is 51.4 Å². The van der Waals surface area contributed by atoms with Crippen LogP contribution >= 0.6 is 7.82 Å². The largest absolute Gasteiger partial charge is 0.472 e. The number of likely N-dealkylation sites (N-methyl/N-ethyl adjacent to an activating group) is 1. The lowest BCUT2D eigenvalue weighted by atomic mass is 10.1. The van der Waals surface area contributed by atoms with Gasteiger partial charge in [0.15, 0.2) is 0 Å². The van der Waals surface area contributed by atoms with Gasteiger partial charge in [0.2, 0.25) is 0 Å². The second-order valence-corrected chi connectivity index (χ2v) is 17.1. The van der Waals surface area contributed by atoms with E-state index < -0.39 is 13.9 Å². The number of allylic oxidation sites excluding steroid dienone is 12. The third kappa shape index (κ3) is 43.1. The summed E-state index contributed by atoms with van der Waals surface area (Å²) in [5.74, 6) is -0.332. The minimum Gasteiger partial charge on any atom is -0.457 e. The van der Waals surface area contributed by atoms with Crippen LogP contribution in [0.15, 0.2) is 72.9 Å². The average Bonchev–Trinajstić information content (AvgIpc) is 3.15. The summed E-state index contributed by atoms with van der Waals surface area (Å²) in [6.45, 7) is 5.39. The number of phosphoric ester groups is 1. The molecule has 0 aliphatic carbocycles. The maximum atomic E-state index is 12.6. The Morgan fingerprint density at radius 3 is 1.57 bits per heavy atom. The lowest BCUT2D eigenvalue weighted by Crippen LogP contribution is -2.37. The molecule has 0 bridgehead atoms. The fourth-order valence-corrected chi connectivity index (χ4v) is 6.32. The van der Waals surface area contributed by atoms with Crippen molar-refractivity contribution >= 4 is 13.8 Å². The van der Waals surface area contributed by atoms with Gasteiger partial charge in [-0.25, -0.2) is 4.57 Å². The molecule has 2 unspecified atom stereocenters. The molecule has 9 heteroatoms.